The van der Waals surface area contributed by atoms with Crippen molar-refractivity contribution in [3.05, 3.63) is 11.6 Å². The molecule has 0 aliphatic heterocycles. The summed E-state index contributed by atoms with van der Waals surface area (Å²) in [4.78, 5) is 4.68. The molecule has 3 rings (SSSR count). The lowest BCUT2D eigenvalue weighted by molar-refractivity contribution is 0.249. The first-order chi connectivity index (χ1) is 8.51. The molecule has 1 aliphatic rings. The van der Waals surface area contributed by atoms with Crippen LogP contribution in [0, 0.1) is 0 Å². The van der Waals surface area contributed by atoms with Gasteiger partial charge in [-0.2, -0.15) is 4.31 Å². The van der Waals surface area contributed by atoms with Crippen molar-refractivity contribution in [1.82, 2.24) is 13.7 Å². The summed E-state index contributed by atoms with van der Waals surface area (Å²) < 4.78 is 28.1. The molecule has 1 fully saturated rings. The number of nitrogens with zero attached hydrogens (tertiary/aromatic N) is 3. The summed E-state index contributed by atoms with van der Waals surface area (Å²) in [5, 5.41) is 1.89. The van der Waals surface area contributed by atoms with Crippen LogP contribution in [0.4, 0.5) is 5.82 Å². The molecule has 8 heteroatoms. The fourth-order valence-corrected chi connectivity index (χ4v) is 4.48. The average Bonchev–Trinajstić information content (AvgIpc) is 2.73. The number of hydrogen-bond donors (Lipinski definition) is 1. The number of anilines is 1. The van der Waals surface area contributed by atoms with Gasteiger partial charge in [-0.15, -0.1) is 11.3 Å². The van der Waals surface area contributed by atoms with Crippen molar-refractivity contribution in [2.75, 3.05) is 12.8 Å². The number of thiazole rings is 1. The minimum Gasteiger partial charge on any atom is -0.381 e. The second kappa shape index (κ2) is 3.94. The van der Waals surface area contributed by atoms with Crippen LogP contribution in [-0.4, -0.2) is 35.2 Å². The number of nitrogen functional groups attached to an aromatic ring is 1. The van der Waals surface area contributed by atoms with Crippen LogP contribution >= 0.6 is 11.3 Å². The highest BCUT2D eigenvalue weighted by Gasteiger charge is 2.35. The quantitative estimate of drug-likeness (QED) is 0.918. The fourth-order valence-electron chi connectivity index (χ4n) is 2.12. The smallest absolute Gasteiger partial charge is 0.262 e. The molecule has 0 atom stereocenters. The molecule has 6 nitrogen and oxygen atoms in total. The predicted octanol–water partition coefficient (Wildman–Crippen LogP) is 1.15. The molecule has 18 heavy (non-hydrogen) atoms. The Bertz CT molecular complexity index is 684. The van der Waals surface area contributed by atoms with Crippen molar-refractivity contribution >= 4 is 32.1 Å². The Morgan fingerprint density at radius 2 is 2.28 bits per heavy atom. The molecular weight excluding hydrogens is 272 g/mol. The Kier molecular flexibility index (Phi) is 2.61. The van der Waals surface area contributed by atoms with E-state index in [9.17, 15) is 8.42 Å². The number of fused-ring (bicyclic) bond motifs is 1. The van der Waals surface area contributed by atoms with Gasteiger partial charge in [-0.25, -0.2) is 13.4 Å². The van der Waals surface area contributed by atoms with Gasteiger partial charge in [0.05, 0.1) is 0 Å². The molecule has 0 amide bonds. The van der Waals surface area contributed by atoms with Gasteiger partial charge in [0, 0.05) is 24.7 Å². The van der Waals surface area contributed by atoms with Crippen molar-refractivity contribution in [2.45, 2.75) is 30.3 Å². The van der Waals surface area contributed by atoms with Crippen molar-refractivity contribution in [3.63, 3.8) is 0 Å². The van der Waals surface area contributed by atoms with Gasteiger partial charge in [-0.1, -0.05) is 6.42 Å². The van der Waals surface area contributed by atoms with Gasteiger partial charge in [0.2, 0.25) is 0 Å². The first-order valence-corrected chi connectivity index (χ1v) is 8.03. The van der Waals surface area contributed by atoms with Crippen LogP contribution in [0.5, 0.6) is 0 Å². The number of nitrogens with two attached hydrogens (primary N) is 1. The highest BCUT2D eigenvalue weighted by molar-refractivity contribution is 7.89. The van der Waals surface area contributed by atoms with E-state index in [2.05, 4.69) is 4.98 Å². The molecule has 0 radical (unpaired) electrons. The van der Waals surface area contributed by atoms with Crippen LogP contribution in [0.25, 0.3) is 4.96 Å². The second-order valence-corrected chi connectivity index (χ2v) is 7.25. The third kappa shape index (κ3) is 1.56. The highest BCUT2D eigenvalue weighted by atomic mass is 32.2. The number of aromatic nitrogens is 2. The lowest BCUT2D eigenvalue weighted by Gasteiger charge is -2.33. The van der Waals surface area contributed by atoms with Gasteiger partial charge >= 0.3 is 0 Å². The molecule has 98 valence electrons. The molecule has 2 aromatic heterocycles. The van der Waals surface area contributed by atoms with Crippen molar-refractivity contribution < 1.29 is 8.42 Å². The van der Waals surface area contributed by atoms with Crippen LogP contribution in [0.15, 0.2) is 16.6 Å². The van der Waals surface area contributed by atoms with Gasteiger partial charge in [0.25, 0.3) is 10.0 Å². The van der Waals surface area contributed by atoms with Gasteiger partial charge in [0.1, 0.15) is 0 Å². The minimum absolute atomic E-state index is 0.0769. The summed E-state index contributed by atoms with van der Waals surface area (Å²) in [5.41, 5.74) is 5.75. The summed E-state index contributed by atoms with van der Waals surface area (Å²) in [6.07, 6.45) is 4.60. The molecule has 1 saturated carbocycles. The summed E-state index contributed by atoms with van der Waals surface area (Å²) >= 11 is 1.37. The zero-order valence-corrected chi connectivity index (χ0v) is 11.5. The first-order valence-electron chi connectivity index (χ1n) is 5.71. The van der Waals surface area contributed by atoms with Gasteiger partial charge < -0.3 is 5.73 Å². The van der Waals surface area contributed by atoms with E-state index < -0.39 is 10.0 Å². The van der Waals surface area contributed by atoms with E-state index in [1.54, 1.807) is 23.0 Å². The zero-order valence-electron chi connectivity index (χ0n) is 9.91. The standard InChI is InChI=1S/C10H14N4O2S2/c1-13(7-3-2-4-7)18(15,16)9-8(11)12-10-14(9)5-6-17-10/h5-7H,2-4,11H2,1H3. The SMILES string of the molecule is CN(C1CCC1)S(=O)(=O)c1c(N)nc2sccn12. The molecule has 2 heterocycles. The second-order valence-electron chi connectivity index (χ2n) is 4.46. The topological polar surface area (TPSA) is 80.7 Å². The molecule has 2 aromatic rings. The number of hydrogen-bond acceptors (Lipinski definition) is 5. The lowest BCUT2D eigenvalue weighted by Crippen LogP contribution is -2.41. The van der Waals surface area contributed by atoms with Gasteiger partial charge in [-0.05, 0) is 12.8 Å². The maximum Gasteiger partial charge on any atom is 0.262 e. The summed E-state index contributed by atoms with van der Waals surface area (Å²) in [6, 6.07) is 0.0959. The third-order valence-electron chi connectivity index (χ3n) is 3.46. The lowest BCUT2D eigenvalue weighted by atomic mass is 9.94. The van der Waals surface area contributed by atoms with E-state index >= 15 is 0 Å². The maximum atomic E-state index is 12.6. The Hall–Kier alpha value is -1.12. The Morgan fingerprint density at radius 1 is 1.56 bits per heavy atom. The third-order valence-corrected chi connectivity index (χ3v) is 6.16. The Morgan fingerprint density at radius 3 is 2.89 bits per heavy atom. The number of imidazole rings is 1. The molecule has 0 bridgehead atoms. The predicted molar refractivity (Wildman–Crippen MR) is 70.1 cm³/mol. The van der Waals surface area contributed by atoms with Crippen LogP contribution in [-0.2, 0) is 10.0 Å². The molecule has 0 aromatic carbocycles. The van der Waals surface area contributed by atoms with E-state index in [4.69, 9.17) is 5.73 Å². The van der Waals surface area contributed by atoms with Crippen LogP contribution in [0.3, 0.4) is 0 Å². The fraction of sp³-hybridized carbons (Fsp3) is 0.500. The molecule has 0 spiro atoms. The van der Waals surface area contributed by atoms with Crippen LogP contribution in [0.1, 0.15) is 19.3 Å². The summed E-state index contributed by atoms with van der Waals surface area (Å²) in [7, 11) is -1.95. The van der Waals surface area contributed by atoms with Crippen molar-refractivity contribution in [3.8, 4) is 0 Å². The van der Waals surface area contributed by atoms with E-state index in [-0.39, 0.29) is 16.9 Å². The first kappa shape index (κ1) is 11.9. The molecule has 2 N–H and O–H groups in total. The zero-order chi connectivity index (χ0) is 12.9. The van der Waals surface area contributed by atoms with Crippen molar-refractivity contribution in [1.29, 1.82) is 0 Å². The largest absolute Gasteiger partial charge is 0.381 e. The molecule has 0 saturated heterocycles. The average molecular weight is 286 g/mol. The maximum absolute atomic E-state index is 12.6. The van der Waals surface area contributed by atoms with Crippen LogP contribution < -0.4 is 5.73 Å². The van der Waals surface area contributed by atoms with E-state index in [0.717, 1.165) is 19.3 Å². The normalized spacial score (nSPS) is 17.4. The molecular formula is C10H14N4O2S2. The van der Waals surface area contributed by atoms with Crippen molar-refractivity contribution in [2.24, 2.45) is 0 Å². The van der Waals surface area contributed by atoms with Gasteiger partial charge in [-0.3, -0.25) is 4.40 Å². The summed E-state index contributed by atoms with van der Waals surface area (Å²) in [6.45, 7) is 0. The highest BCUT2D eigenvalue weighted by Crippen LogP contribution is 2.31. The number of rotatable bonds is 3. The Balaban J connectivity index is 2.12. The van der Waals surface area contributed by atoms with E-state index in [1.165, 1.54) is 15.6 Å². The molecule has 1 aliphatic carbocycles. The van der Waals surface area contributed by atoms with Crippen LogP contribution in [0.2, 0.25) is 0 Å². The Labute approximate surface area is 109 Å². The van der Waals surface area contributed by atoms with E-state index in [1.807, 2.05) is 0 Å². The molecule has 0 unspecified atom stereocenters. The summed E-state index contributed by atoms with van der Waals surface area (Å²) in [5.74, 6) is 0.0769. The number of sulfonamides is 1. The monoisotopic (exact) mass is 286 g/mol. The minimum atomic E-state index is -3.57. The van der Waals surface area contributed by atoms with Gasteiger partial charge in [0.15, 0.2) is 15.8 Å². The van der Waals surface area contributed by atoms with E-state index in [0.29, 0.717) is 4.96 Å².